The van der Waals surface area contributed by atoms with E-state index in [4.69, 9.17) is 4.74 Å². The number of fused-ring (bicyclic) bond motifs is 1. The van der Waals surface area contributed by atoms with Crippen LogP contribution in [-0.4, -0.2) is 35.4 Å². The van der Waals surface area contributed by atoms with Crippen molar-refractivity contribution in [3.8, 4) is 5.75 Å². The van der Waals surface area contributed by atoms with Crippen molar-refractivity contribution in [2.45, 2.75) is 32.0 Å². The lowest BCUT2D eigenvalue weighted by molar-refractivity contribution is -0.119. The van der Waals surface area contributed by atoms with Crippen LogP contribution in [0.1, 0.15) is 30.6 Å². The van der Waals surface area contributed by atoms with Crippen molar-refractivity contribution in [3.05, 3.63) is 29.3 Å². The van der Waals surface area contributed by atoms with Gasteiger partial charge in [-0.15, -0.1) is 0 Å². The number of rotatable bonds is 5. The van der Waals surface area contributed by atoms with Gasteiger partial charge in [-0.1, -0.05) is 6.07 Å². The van der Waals surface area contributed by atoms with E-state index in [1.165, 1.54) is 6.92 Å². The first-order valence-corrected chi connectivity index (χ1v) is 6.44. The molecule has 0 saturated heterocycles. The highest BCUT2D eigenvalue weighted by molar-refractivity contribution is 5.72. The second-order valence-corrected chi connectivity index (χ2v) is 4.75. The minimum Gasteiger partial charge on any atom is -0.493 e. The molecular weight excluding hydrogens is 246 g/mol. The van der Waals surface area contributed by atoms with Gasteiger partial charge in [0.15, 0.2) is 0 Å². The Balaban J connectivity index is 1.94. The summed E-state index contributed by atoms with van der Waals surface area (Å²) in [6.45, 7) is 2.44. The Bertz CT molecular complexity index is 461. The Kier molecular flexibility index (Phi) is 4.39. The molecule has 5 nitrogen and oxygen atoms in total. The molecule has 0 radical (unpaired) electrons. The molecular formula is C14H19NO4. The van der Waals surface area contributed by atoms with Crippen LogP contribution in [0.2, 0.25) is 0 Å². The Morgan fingerprint density at radius 1 is 1.47 bits per heavy atom. The van der Waals surface area contributed by atoms with Crippen LogP contribution >= 0.6 is 0 Å². The molecule has 1 amide bonds. The maximum atomic E-state index is 10.7. The van der Waals surface area contributed by atoms with E-state index in [0.29, 0.717) is 25.1 Å². The SMILES string of the molecule is CC(=O)NCCC(O)C(O)c1ccc2c(c1)CCO2. The van der Waals surface area contributed by atoms with E-state index in [1.54, 1.807) is 6.07 Å². The number of carbonyl (C=O) groups is 1. The van der Waals surface area contributed by atoms with Crippen molar-refractivity contribution >= 4 is 5.91 Å². The topological polar surface area (TPSA) is 78.8 Å². The van der Waals surface area contributed by atoms with Crippen LogP contribution in [0.4, 0.5) is 0 Å². The van der Waals surface area contributed by atoms with Gasteiger partial charge < -0.3 is 20.3 Å². The van der Waals surface area contributed by atoms with Gasteiger partial charge in [0, 0.05) is 19.9 Å². The second kappa shape index (κ2) is 6.04. The third kappa shape index (κ3) is 3.45. The van der Waals surface area contributed by atoms with E-state index in [0.717, 1.165) is 17.7 Å². The molecule has 1 heterocycles. The molecule has 2 unspecified atom stereocenters. The summed E-state index contributed by atoms with van der Waals surface area (Å²) < 4.78 is 5.39. The Hall–Kier alpha value is -1.59. The summed E-state index contributed by atoms with van der Waals surface area (Å²) >= 11 is 0. The summed E-state index contributed by atoms with van der Waals surface area (Å²) in [6.07, 6.45) is -0.696. The molecule has 2 atom stereocenters. The summed E-state index contributed by atoms with van der Waals surface area (Å²) in [6, 6.07) is 5.45. The number of benzene rings is 1. The molecule has 1 aromatic carbocycles. The number of carbonyl (C=O) groups excluding carboxylic acids is 1. The molecule has 0 bridgehead atoms. The van der Waals surface area contributed by atoms with E-state index in [1.807, 2.05) is 12.1 Å². The van der Waals surface area contributed by atoms with Gasteiger partial charge in [-0.2, -0.15) is 0 Å². The minimum absolute atomic E-state index is 0.142. The van der Waals surface area contributed by atoms with Gasteiger partial charge in [-0.05, 0) is 29.7 Å². The molecule has 1 aromatic rings. The Labute approximate surface area is 112 Å². The number of ether oxygens (including phenoxy) is 1. The van der Waals surface area contributed by atoms with E-state index in [-0.39, 0.29) is 5.91 Å². The molecule has 0 aliphatic carbocycles. The average Bonchev–Trinajstić information content (AvgIpc) is 2.84. The fraction of sp³-hybridized carbons (Fsp3) is 0.500. The molecule has 2 rings (SSSR count). The fourth-order valence-electron chi connectivity index (χ4n) is 2.17. The van der Waals surface area contributed by atoms with E-state index < -0.39 is 12.2 Å². The fourth-order valence-corrected chi connectivity index (χ4v) is 2.17. The molecule has 0 saturated carbocycles. The van der Waals surface area contributed by atoms with E-state index >= 15 is 0 Å². The van der Waals surface area contributed by atoms with Crippen LogP contribution in [0.15, 0.2) is 18.2 Å². The molecule has 5 heteroatoms. The largest absolute Gasteiger partial charge is 0.493 e. The average molecular weight is 265 g/mol. The molecule has 0 aromatic heterocycles. The van der Waals surface area contributed by atoms with Gasteiger partial charge in [0.25, 0.3) is 0 Å². The first-order valence-electron chi connectivity index (χ1n) is 6.44. The molecule has 19 heavy (non-hydrogen) atoms. The molecule has 0 spiro atoms. The van der Waals surface area contributed by atoms with Crippen LogP contribution in [0.25, 0.3) is 0 Å². The summed E-state index contributed by atoms with van der Waals surface area (Å²) in [5.74, 6) is 0.708. The number of nitrogens with one attached hydrogen (secondary N) is 1. The monoisotopic (exact) mass is 265 g/mol. The number of aliphatic hydroxyl groups is 2. The highest BCUT2D eigenvalue weighted by Gasteiger charge is 2.21. The van der Waals surface area contributed by atoms with Gasteiger partial charge >= 0.3 is 0 Å². The smallest absolute Gasteiger partial charge is 0.216 e. The van der Waals surface area contributed by atoms with Crippen molar-refractivity contribution < 1.29 is 19.7 Å². The lowest BCUT2D eigenvalue weighted by Gasteiger charge is -2.18. The van der Waals surface area contributed by atoms with Crippen LogP contribution < -0.4 is 10.1 Å². The zero-order valence-electron chi connectivity index (χ0n) is 10.9. The maximum absolute atomic E-state index is 10.7. The zero-order chi connectivity index (χ0) is 13.8. The van der Waals surface area contributed by atoms with Crippen molar-refractivity contribution in [3.63, 3.8) is 0 Å². The molecule has 1 aliphatic rings. The van der Waals surface area contributed by atoms with Crippen molar-refractivity contribution in [2.75, 3.05) is 13.2 Å². The minimum atomic E-state index is -0.945. The van der Waals surface area contributed by atoms with Crippen LogP contribution in [0.5, 0.6) is 5.75 Å². The third-order valence-electron chi connectivity index (χ3n) is 3.23. The Morgan fingerprint density at radius 2 is 2.26 bits per heavy atom. The molecule has 3 N–H and O–H groups in total. The maximum Gasteiger partial charge on any atom is 0.216 e. The van der Waals surface area contributed by atoms with Crippen molar-refractivity contribution in [2.24, 2.45) is 0 Å². The quantitative estimate of drug-likeness (QED) is 0.726. The first-order chi connectivity index (χ1) is 9.08. The summed E-state index contributed by atoms with van der Waals surface area (Å²) in [5, 5.41) is 22.6. The summed E-state index contributed by atoms with van der Waals surface area (Å²) in [4.78, 5) is 10.7. The van der Waals surface area contributed by atoms with Crippen LogP contribution in [0, 0.1) is 0 Å². The molecule has 0 fully saturated rings. The summed E-state index contributed by atoms with van der Waals surface area (Å²) in [7, 11) is 0. The van der Waals surface area contributed by atoms with Gasteiger partial charge in [0.2, 0.25) is 5.91 Å². The normalized spacial score (nSPS) is 16.4. The van der Waals surface area contributed by atoms with Crippen molar-refractivity contribution in [1.29, 1.82) is 0 Å². The number of hydrogen-bond acceptors (Lipinski definition) is 4. The number of aliphatic hydroxyl groups excluding tert-OH is 2. The number of hydrogen-bond donors (Lipinski definition) is 3. The predicted molar refractivity (Wildman–Crippen MR) is 69.9 cm³/mol. The van der Waals surface area contributed by atoms with Gasteiger partial charge in [-0.3, -0.25) is 4.79 Å². The van der Waals surface area contributed by atoms with Crippen LogP contribution in [0.3, 0.4) is 0 Å². The Morgan fingerprint density at radius 3 is 3.00 bits per heavy atom. The predicted octanol–water partition coefficient (Wildman–Crippen LogP) is 0.542. The second-order valence-electron chi connectivity index (χ2n) is 4.75. The zero-order valence-corrected chi connectivity index (χ0v) is 10.9. The van der Waals surface area contributed by atoms with E-state index in [9.17, 15) is 15.0 Å². The number of amides is 1. The van der Waals surface area contributed by atoms with Gasteiger partial charge in [0.1, 0.15) is 11.9 Å². The lowest BCUT2D eigenvalue weighted by Crippen LogP contribution is -2.27. The highest BCUT2D eigenvalue weighted by Crippen LogP contribution is 2.29. The van der Waals surface area contributed by atoms with Gasteiger partial charge in [-0.25, -0.2) is 0 Å². The highest BCUT2D eigenvalue weighted by atomic mass is 16.5. The van der Waals surface area contributed by atoms with Crippen molar-refractivity contribution in [1.82, 2.24) is 5.32 Å². The first kappa shape index (κ1) is 13.8. The van der Waals surface area contributed by atoms with Crippen LogP contribution in [-0.2, 0) is 11.2 Å². The standard InChI is InChI=1S/C14H19NO4/c1-9(16)15-6-4-12(17)14(18)11-2-3-13-10(8-11)5-7-19-13/h2-3,8,12,14,17-18H,4-7H2,1H3,(H,15,16). The van der Waals surface area contributed by atoms with Gasteiger partial charge in [0.05, 0.1) is 12.7 Å². The summed E-state index contributed by atoms with van der Waals surface area (Å²) in [5.41, 5.74) is 1.74. The molecule has 1 aliphatic heterocycles. The lowest BCUT2D eigenvalue weighted by atomic mass is 9.99. The van der Waals surface area contributed by atoms with E-state index in [2.05, 4.69) is 5.32 Å². The third-order valence-corrected chi connectivity index (χ3v) is 3.23. The molecule has 104 valence electrons.